The van der Waals surface area contributed by atoms with Crippen LogP contribution < -0.4 is 10.5 Å². The van der Waals surface area contributed by atoms with Crippen molar-refractivity contribution in [2.45, 2.75) is 13.8 Å². The molecule has 2 aromatic carbocycles. The van der Waals surface area contributed by atoms with Crippen LogP contribution in [0.3, 0.4) is 0 Å². The number of ether oxygens (including phenoxy) is 1. The summed E-state index contributed by atoms with van der Waals surface area (Å²) in [5.41, 5.74) is 7.96. The van der Waals surface area contributed by atoms with Crippen molar-refractivity contribution < 1.29 is 9.13 Å². The van der Waals surface area contributed by atoms with Crippen molar-refractivity contribution in [1.29, 1.82) is 0 Å². The van der Waals surface area contributed by atoms with Gasteiger partial charge in [0, 0.05) is 11.8 Å². The minimum atomic E-state index is -0.235. The molecule has 0 radical (unpaired) electrons. The summed E-state index contributed by atoms with van der Waals surface area (Å²) in [7, 11) is 0. The minimum Gasteiger partial charge on any atom is -0.457 e. The predicted octanol–water partition coefficient (Wildman–Crippen LogP) is 3.82. The van der Waals surface area contributed by atoms with Crippen LogP contribution in [0.2, 0.25) is 0 Å². The number of hydrogen-bond acceptors (Lipinski definition) is 2. The molecule has 0 atom stereocenters. The third kappa shape index (κ3) is 2.75. The second kappa shape index (κ2) is 4.45. The number of aryl methyl sites for hydroxylation is 2. The molecule has 0 aliphatic carbocycles. The molecule has 2 aromatic rings. The largest absolute Gasteiger partial charge is 0.457 e. The Hall–Kier alpha value is -2.03. The first-order valence-electron chi connectivity index (χ1n) is 5.36. The van der Waals surface area contributed by atoms with Gasteiger partial charge in [-0.1, -0.05) is 0 Å². The third-order valence-electron chi connectivity index (χ3n) is 2.44. The summed E-state index contributed by atoms with van der Waals surface area (Å²) in [6.07, 6.45) is 0. The molecular weight excluding hydrogens is 217 g/mol. The smallest absolute Gasteiger partial charge is 0.129 e. The average Bonchev–Trinajstić information content (AvgIpc) is 2.22. The van der Waals surface area contributed by atoms with Crippen LogP contribution in [-0.4, -0.2) is 0 Å². The molecular formula is C14H14FNO. The summed E-state index contributed by atoms with van der Waals surface area (Å²) in [5, 5.41) is 0. The molecule has 0 heterocycles. The van der Waals surface area contributed by atoms with Gasteiger partial charge in [0.05, 0.1) is 0 Å². The topological polar surface area (TPSA) is 35.2 Å². The minimum absolute atomic E-state index is 0.235. The Labute approximate surface area is 99.8 Å². The summed E-state index contributed by atoms with van der Waals surface area (Å²) in [5.74, 6) is 1.03. The van der Waals surface area contributed by atoms with E-state index in [0.717, 1.165) is 5.56 Å². The molecule has 88 valence electrons. The first-order chi connectivity index (χ1) is 8.04. The van der Waals surface area contributed by atoms with E-state index in [2.05, 4.69) is 0 Å². The van der Waals surface area contributed by atoms with E-state index in [1.54, 1.807) is 25.1 Å². The lowest BCUT2D eigenvalue weighted by atomic mass is 10.2. The number of benzene rings is 2. The Kier molecular flexibility index (Phi) is 3.00. The van der Waals surface area contributed by atoms with Crippen molar-refractivity contribution in [1.82, 2.24) is 0 Å². The summed E-state index contributed by atoms with van der Waals surface area (Å²) in [6.45, 7) is 3.64. The van der Waals surface area contributed by atoms with E-state index in [4.69, 9.17) is 10.5 Å². The summed E-state index contributed by atoms with van der Waals surface area (Å²) < 4.78 is 18.7. The van der Waals surface area contributed by atoms with Gasteiger partial charge in [-0.3, -0.25) is 0 Å². The van der Waals surface area contributed by atoms with E-state index < -0.39 is 0 Å². The van der Waals surface area contributed by atoms with E-state index in [1.807, 2.05) is 19.1 Å². The molecule has 0 spiro atoms. The van der Waals surface area contributed by atoms with Gasteiger partial charge in [-0.25, -0.2) is 4.39 Å². The zero-order chi connectivity index (χ0) is 12.4. The van der Waals surface area contributed by atoms with Crippen LogP contribution in [0.1, 0.15) is 11.1 Å². The van der Waals surface area contributed by atoms with Crippen LogP contribution in [0.5, 0.6) is 11.5 Å². The fourth-order valence-corrected chi connectivity index (χ4v) is 1.65. The molecule has 2 N–H and O–H groups in total. The van der Waals surface area contributed by atoms with E-state index in [0.29, 0.717) is 22.7 Å². The molecule has 0 amide bonds. The van der Waals surface area contributed by atoms with E-state index in [-0.39, 0.29) is 5.82 Å². The van der Waals surface area contributed by atoms with Crippen molar-refractivity contribution in [2.24, 2.45) is 0 Å². The molecule has 0 saturated heterocycles. The van der Waals surface area contributed by atoms with Gasteiger partial charge in [0.2, 0.25) is 0 Å². The summed E-state index contributed by atoms with van der Waals surface area (Å²) >= 11 is 0. The van der Waals surface area contributed by atoms with E-state index in [9.17, 15) is 4.39 Å². The lowest BCUT2D eigenvalue weighted by molar-refractivity contribution is 0.479. The van der Waals surface area contributed by atoms with E-state index >= 15 is 0 Å². The van der Waals surface area contributed by atoms with Crippen molar-refractivity contribution in [3.05, 3.63) is 53.3 Å². The van der Waals surface area contributed by atoms with Gasteiger partial charge in [-0.05, 0) is 55.3 Å². The molecule has 0 unspecified atom stereocenters. The molecule has 0 bridgehead atoms. The number of hydrogen-bond donors (Lipinski definition) is 1. The second-order valence-corrected chi connectivity index (χ2v) is 4.09. The summed E-state index contributed by atoms with van der Waals surface area (Å²) in [4.78, 5) is 0. The number of halogens is 1. The molecule has 3 heteroatoms. The molecule has 0 aromatic heterocycles. The highest BCUT2D eigenvalue weighted by molar-refractivity contribution is 5.48. The van der Waals surface area contributed by atoms with Gasteiger partial charge in [0.25, 0.3) is 0 Å². The zero-order valence-corrected chi connectivity index (χ0v) is 9.83. The summed E-state index contributed by atoms with van der Waals surface area (Å²) in [6, 6.07) is 10.1. The zero-order valence-electron chi connectivity index (χ0n) is 9.83. The van der Waals surface area contributed by atoms with E-state index in [1.165, 1.54) is 6.07 Å². The maximum absolute atomic E-state index is 13.1. The van der Waals surface area contributed by atoms with Crippen LogP contribution >= 0.6 is 0 Å². The van der Waals surface area contributed by atoms with Crippen LogP contribution in [0.25, 0.3) is 0 Å². The molecule has 2 nitrogen and oxygen atoms in total. The quantitative estimate of drug-likeness (QED) is 0.797. The molecule has 0 aliphatic rings. The normalized spacial score (nSPS) is 10.3. The number of rotatable bonds is 2. The Morgan fingerprint density at radius 2 is 1.76 bits per heavy atom. The highest BCUT2D eigenvalue weighted by atomic mass is 19.1. The Bertz CT molecular complexity index is 532. The van der Waals surface area contributed by atoms with Gasteiger partial charge in [-0.15, -0.1) is 0 Å². The molecule has 0 fully saturated rings. The standard InChI is InChI=1S/C14H14FNO/c1-9-5-11(16)8-13(6-9)17-12-3-4-14(15)10(2)7-12/h3-8H,16H2,1-2H3. The van der Waals surface area contributed by atoms with Crippen LogP contribution in [0, 0.1) is 19.7 Å². The fraction of sp³-hybridized carbons (Fsp3) is 0.143. The van der Waals surface area contributed by atoms with Crippen molar-refractivity contribution in [2.75, 3.05) is 5.73 Å². The van der Waals surface area contributed by atoms with Crippen LogP contribution in [0.4, 0.5) is 10.1 Å². The van der Waals surface area contributed by atoms with Crippen molar-refractivity contribution >= 4 is 5.69 Å². The first kappa shape index (κ1) is 11.5. The van der Waals surface area contributed by atoms with Crippen LogP contribution in [-0.2, 0) is 0 Å². The van der Waals surface area contributed by atoms with Gasteiger partial charge < -0.3 is 10.5 Å². The molecule has 17 heavy (non-hydrogen) atoms. The average molecular weight is 231 g/mol. The Morgan fingerprint density at radius 1 is 1.00 bits per heavy atom. The predicted molar refractivity (Wildman–Crippen MR) is 66.8 cm³/mol. The third-order valence-corrected chi connectivity index (χ3v) is 2.44. The SMILES string of the molecule is Cc1cc(N)cc(Oc2ccc(F)c(C)c2)c1. The molecule has 2 rings (SSSR count). The molecule has 0 aliphatic heterocycles. The lowest BCUT2D eigenvalue weighted by Gasteiger charge is -2.08. The number of nitrogens with two attached hydrogens (primary N) is 1. The second-order valence-electron chi connectivity index (χ2n) is 4.09. The lowest BCUT2D eigenvalue weighted by Crippen LogP contribution is -1.91. The Morgan fingerprint density at radius 3 is 2.41 bits per heavy atom. The fourth-order valence-electron chi connectivity index (χ4n) is 1.65. The monoisotopic (exact) mass is 231 g/mol. The number of anilines is 1. The number of nitrogen functional groups attached to an aromatic ring is 1. The molecule has 0 saturated carbocycles. The highest BCUT2D eigenvalue weighted by Gasteiger charge is 2.02. The van der Waals surface area contributed by atoms with Gasteiger partial charge in [0.15, 0.2) is 0 Å². The first-order valence-corrected chi connectivity index (χ1v) is 5.36. The van der Waals surface area contributed by atoms with Gasteiger partial charge in [0.1, 0.15) is 17.3 Å². The Balaban J connectivity index is 2.28. The highest BCUT2D eigenvalue weighted by Crippen LogP contribution is 2.26. The van der Waals surface area contributed by atoms with Gasteiger partial charge >= 0.3 is 0 Å². The van der Waals surface area contributed by atoms with Crippen LogP contribution in [0.15, 0.2) is 36.4 Å². The van der Waals surface area contributed by atoms with Crippen molar-refractivity contribution in [3.63, 3.8) is 0 Å². The van der Waals surface area contributed by atoms with Gasteiger partial charge in [-0.2, -0.15) is 0 Å². The maximum Gasteiger partial charge on any atom is 0.129 e. The van der Waals surface area contributed by atoms with Crippen molar-refractivity contribution in [3.8, 4) is 11.5 Å². The maximum atomic E-state index is 13.1.